The Bertz CT molecular complexity index is 722. The van der Waals surface area contributed by atoms with Crippen molar-refractivity contribution in [2.75, 3.05) is 32.1 Å². The summed E-state index contributed by atoms with van der Waals surface area (Å²) in [6.07, 6.45) is -0.218. The van der Waals surface area contributed by atoms with Gasteiger partial charge in [0.1, 0.15) is 11.8 Å². The number of nitrogens with one attached hydrogen (secondary N) is 1. The van der Waals surface area contributed by atoms with Gasteiger partial charge >= 0.3 is 0 Å². The van der Waals surface area contributed by atoms with E-state index >= 15 is 0 Å². The molecule has 5 nitrogen and oxygen atoms in total. The molecule has 2 aromatic rings. The van der Waals surface area contributed by atoms with Crippen LogP contribution in [0.25, 0.3) is 0 Å². The minimum Gasteiger partial charge on any atom is -0.370 e. The van der Waals surface area contributed by atoms with Gasteiger partial charge in [-0.15, -0.1) is 11.3 Å². The molecule has 0 saturated carbocycles. The lowest BCUT2D eigenvalue weighted by atomic mass is 10.1. The first-order chi connectivity index (χ1) is 11.1. The van der Waals surface area contributed by atoms with Crippen LogP contribution in [-0.4, -0.2) is 42.5 Å². The van der Waals surface area contributed by atoms with Crippen LogP contribution < -0.4 is 5.32 Å². The van der Waals surface area contributed by atoms with Crippen molar-refractivity contribution in [1.29, 1.82) is 0 Å². The van der Waals surface area contributed by atoms with Crippen molar-refractivity contribution >= 4 is 45.6 Å². The summed E-state index contributed by atoms with van der Waals surface area (Å²) in [5.41, 5.74) is 1.36. The fourth-order valence-electron chi connectivity index (χ4n) is 2.40. The van der Waals surface area contributed by atoms with Crippen LogP contribution in [0.15, 0.2) is 23.6 Å². The zero-order valence-corrected chi connectivity index (χ0v) is 14.7. The molecule has 1 aliphatic rings. The first kappa shape index (κ1) is 16.5. The van der Waals surface area contributed by atoms with Gasteiger partial charge in [-0.05, 0) is 17.7 Å². The fourth-order valence-corrected chi connectivity index (χ4v) is 3.35. The SMILES string of the molecule is CNc1nc(C(=O)N2CCO[C@H](c3ccc(Cl)c(Cl)c3)C2)cs1. The standard InChI is InChI=1S/C15H15Cl2N3O2S/c1-18-15-19-12(8-23-15)14(21)20-4-5-22-13(7-20)9-2-3-10(16)11(17)6-9/h2-3,6,8,13H,4-5,7H2,1H3,(H,18,19)/t13-/m0/s1. The molecule has 1 fully saturated rings. The summed E-state index contributed by atoms with van der Waals surface area (Å²) in [5.74, 6) is -0.0869. The summed E-state index contributed by atoms with van der Waals surface area (Å²) in [7, 11) is 1.78. The normalized spacial score (nSPS) is 18.0. The molecular weight excluding hydrogens is 357 g/mol. The molecule has 1 amide bonds. The zero-order valence-electron chi connectivity index (χ0n) is 12.4. The van der Waals surface area contributed by atoms with E-state index in [2.05, 4.69) is 10.3 Å². The molecule has 8 heteroatoms. The molecule has 0 spiro atoms. The van der Waals surface area contributed by atoms with Crippen LogP contribution in [0.5, 0.6) is 0 Å². The average molecular weight is 372 g/mol. The van der Waals surface area contributed by atoms with E-state index in [1.165, 1.54) is 11.3 Å². The van der Waals surface area contributed by atoms with E-state index in [9.17, 15) is 4.79 Å². The number of morpholine rings is 1. The molecule has 122 valence electrons. The summed E-state index contributed by atoms with van der Waals surface area (Å²) in [6, 6.07) is 5.39. The van der Waals surface area contributed by atoms with Gasteiger partial charge in [-0.25, -0.2) is 4.98 Å². The third kappa shape index (κ3) is 3.61. The van der Waals surface area contributed by atoms with Gasteiger partial charge in [-0.2, -0.15) is 0 Å². The molecule has 0 radical (unpaired) electrons. The van der Waals surface area contributed by atoms with Crippen molar-refractivity contribution in [1.82, 2.24) is 9.88 Å². The molecule has 0 unspecified atom stereocenters. The largest absolute Gasteiger partial charge is 0.370 e. The van der Waals surface area contributed by atoms with Gasteiger partial charge in [0.2, 0.25) is 0 Å². The maximum atomic E-state index is 12.6. The Morgan fingerprint density at radius 3 is 2.96 bits per heavy atom. The Hall–Kier alpha value is -1.34. The molecular formula is C15H15Cl2N3O2S. The van der Waals surface area contributed by atoms with Crippen LogP contribution in [-0.2, 0) is 4.74 Å². The van der Waals surface area contributed by atoms with E-state index in [-0.39, 0.29) is 12.0 Å². The second-order valence-electron chi connectivity index (χ2n) is 5.07. The monoisotopic (exact) mass is 371 g/mol. The minimum atomic E-state index is -0.218. The lowest BCUT2D eigenvalue weighted by molar-refractivity contribution is -0.0229. The van der Waals surface area contributed by atoms with E-state index in [0.29, 0.717) is 35.4 Å². The quantitative estimate of drug-likeness (QED) is 0.893. The van der Waals surface area contributed by atoms with Crippen molar-refractivity contribution in [3.05, 3.63) is 44.9 Å². The van der Waals surface area contributed by atoms with Crippen LogP contribution in [0, 0.1) is 0 Å². The molecule has 0 bridgehead atoms. The fraction of sp³-hybridized carbons (Fsp3) is 0.333. The first-order valence-corrected chi connectivity index (χ1v) is 8.71. The van der Waals surface area contributed by atoms with E-state index in [1.807, 2.05) is 6.07 Å². The highest BCUT2D eigenvalue weighted by molar-refractivity contribution is 7.13. The number of carbonyl (C=O) groups is 1. The Labute approximate surface area is 148 Å². The molecule has 2 heterocycles. The van der Waals surface area contributed by atoms with Gasteiger partial charge in [0, 0.05) is 19.0 Å². The molecule has 3 rings (SSSR count). The summed E-state index contributed by atoms with van der Waals surface area (Å²) in [6.45, 7) is 1.48. The number of aromatic nitrogens is 1. The molecule has 23 heavy (non-hydrogen) atoms. The van der Waals surface area contributed by atoms with E-state index in [1.54, 1.807) is 29.5 Å². The van der Waals surface area contributed by atoms with Gasteiger partial charge in [0.15, 0.2) is 5.13 Å². The number of amides is 1. The average Bonchev–Trinajstić information content (AvgIpc) is 3.06. The van der Waals surface area contributed by atoms with Crippen LogP contribution >= 0.6 is 34.5 Å². The minimum absolute atomic E-state index is 0.0869. The Morgan fingerprint density at radius 2 is 2.26 bits per heavy atom. The van der Waals surface area contributed by atoms with Gasteiger partial charge in [-0.1, -0.05) is 29.3 Å². The molecule has 1 aromatic carbocycles. The number of anilines is 1. The summed E-state index contributed by atoms with van der Waals surface area (Å²) in [4.78, 5) is 18.6. The van der Waals surface area contributed by atoms with Crippen molar-refractivity contribution in [3.8, 4) is 0 Å². The lowest BCUT2D eigenvalue weighted by Gasteiger charge is -2.33. The summed E-state index contributed by atoms with van der Waals surface area (Å²) >= 11 is 13.4. The third-order valence-electron chi connectivity index (χ3n) is 3.61. The van der Waals surface area contributed by atoms with Crippen LogP contribution in [0.3, 0.4) is 0 Å². The first-order valence-electron chi connectivity index (χ1n) is 7.07. The van der Waals surface area contributed by atoms with Crippen LogP contribution in [0.4, 0.5) is 5.13 Å². The number of ether oxygens (including phenoxy) is 1. The highest BCUT2D eigenvalue weighted by atomic mass is 35.5. The third-order valence-corrected chi connectivity index (χ3v) is 5.21. The van der Waals surface area contributed by atoms with E-state index < -0.39 is 0 Å². The van der Waals surface area contributed by atoms with Crippen molar-refractivity contribution in [3.63, 3.8) is 0 Å². The highest BCUT2D eigenvalue weighted by Crippen LogP contribution is 2.29. The molecule has 1 aliphatic heterocycles. The van der Waals surface area contributed by atoms with Crippen LogP contribution in [0.1, 0.15) is 22.2 Å². The number of hydrogen-bond acceptors (Lipinski definition) is 5. The van der Waals surface area contributed by atoms with Gasteiger partial charge in [0.25, 0.3) is 5.91 Å². The Balaban J connectivity index is 1.74. The Morgan fingerprint density at radius 1 is 1.43 bits per heavy atom. The smallest absolute Gasteiger partial charge is 0.273 e. The number of thiazole rings is 1. The van der Waals surface area contributed by atoms with Gasteiger partial charge < -0.3 is 15.0 Å². The number of benzene rings is 1. The number of halogens is 2. The van der Waals surface area contributed by atoms with Crippen LogP contribution in [0.2, 0.25) is 10.0 Å². The maximum Gasteiger partial charge on any atom is 0.273 e. The van der Waals surface area contributed by atoms with Gasteiger partial charge in [0.05, 0.1) is 23.2 Å². The maximum absolute atomic E-state index is 12.6. The number of hydrogen-bond donors (Lipinski definition) is 1. The molecule has 1 aromatic heterocycles. The van der Waals surface area contributed by atoms with Gasteiger partial charge in [-0.3, -0.25) is 4.79 Å². The highest BCUT2D eigenvalue weighted by Gasteiger charge is 2.27. The topological polar surface area (TPSA) is 54.5 Å². The molecule has 1 N–H and O–H groups in total. The van der Waals surface area contributed by atoms with E-state index in [4.69, 9.17) is 27.9 Å². The number of carbonyl (C=O) groups excluding carboxylic acids is 1. The second-order valence-corrected chi connectivity index (χ2v) is 6.74. The lowest BCUT2D eigenvalue weighted by Crippen LogP contribution is -2.42. The second kappa shape index (κ2) is 7.05. The summed E-state index contributed by atoms with van der Waals surface area (Å²) < 4.78 is 5.78. The van der Waals surface area contributed by atoms with E-state index in [0.717, 1.165) is 10.7 Å². The molecule has 1 atom stereocenters. The molecule has 1 saturated heterocycles. The number of nitrogens with zero attached hydrogens (tertiary/aromatic N) is 2. The number of rotatable bonds is 3. The predicted molar refractivity (Wildman–Crippen MR) is 92.7 cm³/mol. The summed E-state index contributed by atoms with van der Waals surface area (Å²) in [5, 5.41) is 6.40. The zero-order chi connectivity index (χ0) is 16.4. The Kier molecular flexibility index (Phi) is 5.06. The van der Waals surface area contributed by atoms with Crippen molar-refractivity contribution in [2.45, 2.75) is 6.10 Å². The molecule has 0 aliphatic carbocycles. The van der Waals surface area contributed by atoms with Crippen molar-refractivity contribution in [2.24, 2.45) is 0 Å². The predicted octanol–water partition coefficient (Wildman–Crippen LogP) is 3.71. The van der Waals surface area contributed by atoms with Crippen molar-refractivity contribution < 1.29 is 9.53 Å².